The molecule has 3 heteroatoms. The summed E-state index contributed by atoms with van der Waals surface area (Å²) >= 11 is 0. The van der Waals surface area contributed by atoms with Crippen LogP contribution in [0, 0.1) is 0 Å². The molecular weight excluding hydrogens is 200 g/mol. The zero-order chi connectivity index (χ0) is 11.4. The van der Waals surface area contributed by atoms with Gasteiger partial charge in [-0.25, -0.2) is 0 Å². The minimum absolute atomic E-state index is 0.699. The summed E-state index contributed by atoms with van der Waals surface area (Å²) in [4.78, 5) is 2.22. The van der Waals surface area contributed by atoms with Crippen LogP contribution in [0.5, 0.6) is 5.75 Å². The lowest BCUT2D eigenvalue weighted by Crippen LogP contribution is -2.28. The number of anilines is 1. The molecule has 0 unspecified atom stereocenters. The van der Waals surface area contributed by atoms with E-state index in [9.17, 15) is 0 Å². The van der Waals surface area contributed by atoms with Gasteiger partial charge in [0.1, 0.15) is 12.4 Å². The van der Waals surface area contributed by atoms with E-state index >= 15 is 0 Å². The van der Waals surface area contributed by atoms with E-state index in [4.69, 9.17) is 10.5 Å². The van der Waals surface area contributed by atoms with Gasteiger partial charge in [-0.05, 0) is 30.7 Å². The molecule has 2 N–H and O–H groups in total. The van der Waals surface area contributed by atoms with Crippen molar-refractivity contribution in [2.24, 2.45) is 5.73 Å². The Bertz CT molecular complexity index is 388. The molecule has 2 rings (SSSR count). The van der Waals surface area contributed by atoms with Gasteiger partial charge in [-0.15, -0.1) is 0 Å². The number of nitrogens with two attached hydrogens (primary N) is 1. The maximum Gasteiger partial charge on any atom is 0.142 e. The van der Waals surface area contributed by atoms with Crippen LogP contribution in [0.1, 0.15) is 12.0 Å². The first-order valence-corrected chi connectivity index (χ1v) is 5.66. The minimum Gasteiger partial charge on any atom is -0.490 e. The number of benzene rings is 1. The van der Waals surface area contributed by atoms with Crippen molar-refractivity contribution in [3.63, 3.8) is 0 Å². The molecule has 1 aliphatic rings. The highest BCUT2D eigenvalue weighted by Gasteiger charge is 2.14. The van der Waals surface area contributed by atoms with Gasteiger partial charge in [-0.3, -0.25) is 0 Å². The third-order valence-corrected chi connectivity index (χ3v) is 2.72. The number of nitrogens with zero attached hydrogens (tertiary/aromatic N) is 1. The van der Waals surface area contributed by atoms with Crippen LogP contribution in [0.4, 0.5) is 5.69 Å². The molecule has 0 amide bonds. The third kappa shape index (κ3) is 2.36. The fourth-order valence-corrected chi connectivity index (χ4v) is 1.79. The van der Waals surface area contributed by atoms with Crippen molar-refractivity contribution in [1.29, 1.82) is 0 Å². The predicted molar refractivity (Wildman–Crippen MR) is 67.9 cm³/mol. The molecule has 1 aromatic carbocycles. The van der Waals surface area contributed by atoms with Crippen LogP contribution < -0.4 is 15.4 Å². The second-order valence-electron chi connectivity index (χ2n) is 3.98. The summed E-state index contributed by atoms with van der Waals surface area (Å²) < 4.78 is 5.59. The van der Waals surface area contributed by atoms with Crippen LogP contribution in [0.15, 0.2) is 24.3 Å². The molecule has 0 saturated heterocycles. The van der Waals surface area contributed by atoms with Gasteiger partial charge in [0.2, 0.25) is 0 Å². The van der Waals surface area contributed by atoms with E-state index in [1.807, 2.05) is 6.07 Å². The van der Waals surface area contributed by atoms with Crippen molar-refractivity contribution in [2.45, 2.75) is 6.42 Å². The summed E-state index contributed by atoms with van der Waals surface area (Å²) in [5.41, 5.74) is 7.81. The maximum atomic E-state index is 5.59. The summed E-state index contributed by atoms with van der Waals surface area (Å²) in [6.45, 7) is 2.42. The zero-order valence-corrected chi connectivity index (χ0v) is 9.65. The van der Waals surface area contributed by atoms with Crippen molar-refractivity contribution in [2.75, 3.05) is 31.6 Å². The highest BCUT2D eigenvalue weighted by atomic mass is 16.5. The van der Waals surface area contributed by atoms with E-state index in [-0.39, 0.29) is 0 Å². The Kier molecular flexibility index (Phi) is 3.47. The standard InChI is InChI=1S/C13H18N2O/c1-15-8-9-16-13-6-5-11(10-12(13)15)4-2-3-7-14/h2,4-6,10H,3,7-9,14H2,1H3/b4-2+. The SMILES string of the molecule is CN1CCOc2ccc(/C=C/CCN)cc21. The maximum absolute atomic E-state index is 5.59. The van der Waals surface area contributed by atoms with Crippen molar-refractivity contribution in [1.82, 2.24) is 0 Å². The van der Waals surface area contributed by atoms with Gasteiger partial charge in [0.05, 0.1) is 12.2 Å². The summed E-state index contributed by atoms with van der Waals surface area (Å²) in [5, 5.41) is 0. The lowest BCUT2D eigenvalue weighted by molar-refractivity contribution is 0.311. The molecule has 0 radical (unpaired) electrons. The molecule has 86 valence electrons. The Morgan fingerprint density at radius 2 is 2.38 bits per heavy atom. The molecule has 1 aromatic rings. The fraction of sp³-hybridized carbons (Fsp3) is 0.385. The molecule has 0 saturated carbocycles. The van der Waals surface area contributed by atoms with E-state index in [1.54, 1.807) is 0 Å². The molecule has 0 atom stereocenters. The molecule has 0 bridgehead atoms. The van der Waals surface area contributed by atoms with Crippen molar-refractivity contribution in [3.8, 4) is 5.75 Å². The Morgan fingerprint density at radius 1 is 1.50 bits per heavy atom. The Hall–Kier alpha value is -1.48. The largest absolute Gasteiger partial charge is 0.490 e. The normalized spacial score (nSPS) is 15.0. The van der Waals surface area contributed by atoms with Crippen LogP contribution in [0.25, 0.3) is 6.08 Å². The topological polar surface area (TPSA) is 38.5 Å². The van der Waals surface area contributed by atoms with Gasteiger partial charge in [0.15, 0.2) is 0 Å². The summed E-state index contributed by atoms with van der Waals surface area (Å²) in [7, 11) is 2.09. The zero-order valence-electron chi connectivity index (χ0n) is 9.65. The highest BCUT2D eigenvalue weighted by molar-refractivity contribution is 5.66. The smallest absolute Gasteiger partial charge is 0.142 e. The highest BCUT2D eigenvalue weighted by Crippen LogP contribution is 2.31. The molecule has 16 heavy (non-hydrogen) atoms. The first kappa shape index (κ1) is 11.0. The van der Waals surface area contributed by atoms with Crippen LogP contribution >= 0.6 is 0 Å². The number of fused-ring (bicyclic) bond motifs is 1. The van der Waals surface area contributed by atoms with Crippen LogP contribution in [0.2, 0.25) is 0 Å². The van der Waals surface area contributed by atoms with Crippen molar-refractivity contribution < 1.29 is 4.74 Å². The van der Waals surface area contributed by atoms with E-state index in [2.05, 4.69) is 36.2 Å². The van der Waals surface area contributed by atoms with E-state index < -0.39 is 0 Å². The van der Waals surface area contributed by atoms with Crippen molar-refractivity contribution in [3.05, 3.63) is 29.8 Å². The molecule has 0 spiro atoms. The van der Waals surface area contributed by atoms with Gasteiger partial charge in [-0.2, -0.15) is 0 Å². The fourth-order valence-electron chi connectivity index (χ4n) is 1.79. The number of hydrogen-bond acceptors (Lipinski definition) is 3. The molecular formula is C13H18N2O. The second-order valence-corrected chi connectivity index (χ2v) is 3.98. The Labute approximate surface area is 96.5 Å². The number of hydrogen-bond donors (Lipinski definition) is 1. The molecule has 0 aromatic heterocycles. The minimum atomic E-state index is 0.699. The lowest BCUT2D eigenvalue weighted by Gasteiger charge is -2.27. The molecule has 3 nitrogen and oxygen atoms in total. The monoisotopic (exact) mass is 218 g/mol. The first-order valence-electron chi connectivity index (χ1n) is 5.66. The summed E-state index contributed by atoms with van der Waals surface area (Å²) in [6, 6.07) is 6.26. The quantitative estimate of drug-likeness (QED) is 0.841. The molecule has 1 aliphatic heterocycles. The predicted octanol–water partition coefficient (Wildman–Crippen LogP) is 1.88. The van der Waals surface area contributed by atoms with Gasteiger partial charge < -0.3 is 15.4 Å². The number of rotatable bonds is 3. The van der Waals surface area contributed by atoms with Gasteiger partial charge >= 0.3 is 0 Å². The van der Waals surface area contributed by atoms with E-state index in [0.29, 0.717) is 6.54 Å². The van der Waals surface area contributed by atoms with Crippen molar-refractivity contribution >= 4 is 11.8 Å². The van der Waals surface area contributed by atoms with Gasteiger partial charge in [0, 0.05) is 7.05 Å². The molecule has 1 heterocycles. The van der Waals surface area contributed by atoms with Gasteiger partial charge in [-0.1, -0.05) is 18.2 Å². The van der Waals surface area contributed by atoms with E-state index in [1.165, 1.54) is 11.3 Å². The Morgan fingerprint density at radius 3 is 3.19 bits per heavy atom. The van der Waals surface area contributed by atoms with Gasteiger partial charge in [0.25, 0.3) is 0 Å². The van der Waals surface area contributed by atoms with Crippen LogP contribution in [0.3, 0.4) is 0 Å². The second kappa shape index (κ2) is 5.03. The average Bonchev–Trinajstić information content (AvgIpc) is 2.30. The Balaban J connectivity index is 2.20. The number of ether oxygens (including phenoxy) is 1. The average molecular weight is 218 g/mol. The molecule has 0 fully saturated rings. The van der Waals surface area contributed by atoms with E-state index in [0.717, 1.165) is 25.3 Å². The van der Waals surface area contributed by atoms with Crippen LogP contribution in [-0.2, 0) is 0 Å². The number of likely N-dealkylation sites (N-methyl/N-ethyl adjacent to an activating group) is 1. The summed E-state index contributed by atoms with van der Waals surface area (Å²) in [6.07, 6.45) is 5.13. The molecule has 0 aliphatic carbocycles. The lowest BCUT2D eigenvalue weighted by atomic mass is 10.1. The third-order valence-electron chi connectivity index (χ3n) is 2.72. The summed E-state index contributed by atoms with van der Waals surface area (Å²) in [5.74, 6) is 0.977. The first-order chi connectivity index (χ1) is 7.81. The van der Waals surface area contributed by atoms with Crippen LogP contribution in [-0.4, -0.2) is 26.7 Å².